The number of thiophene rings is 1. The van der Waals surface area contributed by atoms with Crippen LogP contribution in [0.2, 0.25) is 0 Å². The molecule has 0 aliphatic heterocycles. The Hall–Kier alpha value is -2.47. The maximum Gasteiger partial charge on any atom is 0.166 e. The van der Waals surface area contributed by atoms with Crippen LogP contribution in [-0.2, 0) is 0 Å². The van der Waals surface area contributed by atoms with E-state index in [1.807, 2.05) is 12.4 Å². The van der Waals surface area contributed by atoms with Crippen molar-refractivity contribution in [1.82, 2.24) is 19.5 Å². The molecule has 6 heteroatoms. The Morgan fingerprint density at radius 3 is 2.80 bits per heavy atom. The molecule has 126 valence electrons. The zero-order valence-electron chi connectivity index (χ0n) is 13.9. The van der Waals surface area contributed by atoms with Crippen LogP contribution >= 0.6 is 11.3 Å². The highest BCUT2D eigenvalue weighted by Crippen LogP contribution is 2.35. The van der Waals surface area contributed by atoms with Gasteiger partial charge < -0.3 is 10.3 Å². The molecule has 3 aromatic heterocycles. The maximum atomic E-state index is 6.23. The van der Waals surface area contributed by atoms with E-state index in [1.165, 1.54) is 42.2 Å². The lowest BCUT2D eigenvalue weighted by Gasteiger charge is -2.23. The van der Waals surface area contributed by atoms with E-state index in [2.05, 4.69) is 38.1 Å². The Labute approximate surface area is 149 Å². The van der Waals surface area contributed by atoms with Gasteiger partial charge in [0.15, 0.2) is 17.3 Å². The second-order valence-electron chi connectivity index (χ2n) is 6.69. The Morgan fingerprint density at radius 1 is 1.08 bits per heavy atom. The number of rotatable bonds is 2. The first-order valence-corrected chi connectivity index (χ1v) is 9.66. The zero-order chi connectivity index (χ0) is 16.8. The van der Waals surface area contributed by atoms with Crippen LogP contribution in [0.1, 0.15) is 38.1 Å². The van der Waals surface area contributed by atoms with Crippen molar-refractivity contribution in [3.63, 3.8) is 0 Å². The van der Waals surface area contributed by atoms with Crippen LogP contribution in [0.15, 0.2) is 36.0 Å². The number of imidazole rings is 1. The predicted octanol–water partition coefficient (Wildman–Crippen LogP) is 4.80. The van der Waals surface area contributed by atoms with Crippen molar-refractivity contribution in [1.29, 1.82) is 0 Å². The molecule has 1 aromatic carbocycles. The Kier molecular flexibility index (Phi) is 3.45. The van der Waals surface area contributed by atoms with E-state index in [9.17, 15) is 0 Å². The number of benzene rings is 1. The van der Waals surface area contributed by atoms with Crippen molar-refractivity contribution < 1.29 is 0 Å². The summed E-state index contributed by atoms with van der Waals surface area (Å²) >= 11 is 1.71. The molecule has 1 aliphatic rings. The van der Waals surface area contributed by atoms with Gasteiger partial charge in [-0.05, 0) is 18.9 Å². The van der Waals surface area contributed by atoms with Crippen LogP contribution in [0.5, 0.6) is 0 Å². The molecule has 5 rings (SSSR count). The van der Waals surface area contributed by atoms with Crippen LogP contribution in [0, 0.1) is 0 Å². The number of fused-ring (bicyclic) bond motifs is 2. The van der Waals surface area contributed by atoms with E-state index in [1.54, 1.807) is 11.3 Å². The minimum atomic E-state index is 0.463. The lowest BCUT2D eigenvalue weighted by molar-refractivity contribution is 0.358. The Morgan fingerprint density at radius 2 is 1.92 bits per heavy atom. The molecular weight excluding hydrogens is 330 g/mol. The second kappa shape index (κ2) is 5.81. The summed E-state index contributed by atoms with van der Waals surface area (Å²) in [6.45, 7) is 0. The highest BCUT2D eigenvalue weighted by molar-refractivity contribution is 7.17. The minimum Gasteiger partial charge on any atom is -0.382 e. The smallest absolute Gasteiger partial charge is 0.166 e. The van der Waals surface area contributed by atoms with Crippen LogP contribution in [0.25, 0.3) is 32.6 Å². The predicted molar refractivity (Wildman–Crippen MR) is 103 cm³/mol. The number of nitrogens with two attached hydrogens (primary N) is 1. The second-order valence-corrected chi connectivity index (χ2v) is 7.61. The van der Waals surface area contributed by atoms with Gasteiger partial charge >= 0.3 is 0 Å². The molecule has 1 fully saturated rings. The molecule has 1 saturated carbocycles. The summed E-state index contributed by atoms with van der Waals surface area (Å²) in [6.07, 6.45) is 8.13. The lowest BCUT2D eigenvalue weighted by Crippen LogP contribution is -2.12. The molecule has 4 aromatic rings. The SMILES string of the molecule is Nc1nc(-c2csc3ccccc23)nc2c1ncn2C1CCCCC1. The minimum absolute atomic E-state index is 0.463. The fourth-order valence-corrected chi connectivity index (χ4v) is 4.78. The fraction of sp³-hybridized carbons (Fsp3) is 0.316. The van der Waals surface area contributed by atoms with E-state index < -0.39 is 0 Å². The van der Waals surface area contributed by atoms with Crippen molar-refractivity contribution in [3.05, 3.63) is 36.0 Å². The molecule has 25 heavy (non-hydrogen) atoms. The fourth-order valence-electron chi connectivity index (χ4n) is 3.84. The molecule has 1 aliphatic carbocycles. The van der Waals surface area contributed by atoms with Gasteiger partial charge in [0.05, 0.1) is 6.33 Å². The van der Waals surface area contributed by atoms with Gasteiger partial charge in [-0.15, -0.1) is 11.3 Å². The van der Waals surface area contributed by atoms with E-state index in [0.29, 0.717) is 23.2 Å². The van der Waals surface area contributed by atoms with E-state index in [4.69, 9.17) is 10.7 Å². The average molecular weight is 349 g/mol. The summed E-state index contributed by atoms with van der Waals surface area (Å²) in [7, 11) is 0. The van der Waals surface area contributed by atoms with E-state index in [0.717, 1.165) is 11.2 Å². The van der Waals surface area contributed by atoms with Gasteiger partial charge in [-0.25, -0.2) is 15.0 Å². The van der Waals surface area contributed by atoms with Gasteiger partial charge in [-0.2, -0.15) is 0 Å². The van der Waals surface area contributed by atoms with Crippen molar-refractivity contribution >= 4 is 38.4 Å². The largest absolute Gasteiger partial charge is 0.382 e. The van der Waals surface area contributed by atoms with Gasteiger partial charge in [0.1, 0.15) is 5.52 Å². The van der Waals surface area contributed by atoms with Crippen LogP contribution in [-0.4, -0.2) is 19.5 Å². The third-order valence-electron chi connectivity index (χ3n) is 5.14. The van der Waals surface area contributed by atoms with Crippen molar-refractivity contribution in [2.24, 2.45) is 0 Å². The summed E-state index contributed by atoms with van der Waals surface area (Å²) in [5.41, 5.74) is 8.86. The molecule has 0 radical (unpaired) electrons. The summed E-state index contributed by atoms with van der Waals surface area (Å²) in [6, 6.07) is 8.81. The van der Waals surface area contributed by atoms with Crippen molar-refractivity contribution in [2.45, 2.75) is 38.1 Å². The number of anilines is 1. The first-order chi connectivity index (χ1) is 12.3. The number of nitrogen functional groups attached to an aromatic ring is 1. The molecule has 3 heterocycles. The van der Waals surface area contributed by atoms with Crippen LogP contribution in [0.3, 0.4) is 0 Å². The Bertz CT molecular complexity index is 1060. The molecule has 0 atom stereocenters. The van der Waals surface area contributed by atoms with E-state index >= 15 is 0 Å². The summed E-state index contributed by atoms with van der Waals surface area (Å²) in [5.74, 6) is 1.16. The average Bonchev–Trinajstić information content (AvgIpc) is 3.27. The monoisotopic (exact) mass is 349 g/mol. The molecule has 0 spiro atoms. The number of aromatic nitrogens is 4. The van der Waals surface area contributed by atoms with Gasteiger partial charge in [0.25, 0.3) is 0 Å². The highest BCUT2D eigenvalue weighted by Gasteiger charge is 2.21. The zero-order valence-corrected chi connectivity index (χ0v) is 14.7. The van der Waals surface area contributed by atoms with Crippen molar-refractivity contribution in [2.75, 3.05) is 5.73 Å². The lowest BCUT2D eigenvalue weighted by atomic mass is 9.95. The normalized spacial score (nSPS) is 16.0. The van der Waals surface area contributed by atoms with E-state index in [-0.39, 0.29) is 0 Å². The van der Waals surface area contributed by atoms with Gasteiger partial charge in [-0.1, -0.05) is 37.5 Å². The van der Waals surface area contributed by atoms with Crippen molar-refractivity contribution in [3.8, 4) is 11.4 Å². The molecule has 0 saturated heterocycles. The van der Waals surface area contributed by atoms with Crippen LogP contribution in [0.4, 0.5) is 5.82 Å². The first-order valence-electron chi connectivity index (χ1n) is 8.78. The molecule has 0 bridgehead atoms. The molecule has 2 N–H and O–H groups in total. The standard InChI is InChI=1S/C19H19N5S/c20-17-16-19(24(11-21-16)12-6-2-1-3-7-12)23-18(22-17)14-10-25-15-9-5-4-8-13(14)15/h4-5,8-12H,1-3,6-7H2,(H2,20,22,23). The number of hydrogen-bond donors (Lipinski definition) is 1. The van der Waals surface area contributed by atoms with Gasteiger partial charge in [-0.3, -0.25) is 0 Å². The molecule has 0 amide bonds. The number of hydrogen-bond acceptors (Lipinski definition) is 5. The summed E-state index contributed by atoms with van der Waals surface area (Å²) < 4.78 is 3.45. The number of nitrogens with zero attached hydrogens (tertiary/aromatic N) is 4. The topological polar surface area (TPSA) is 69.6 Å². The molecule has 5 nitrogen and oxygen atoms in total. The van der Waals surface area contributed by atoms with Gasteiger partial charge in [0.2, 0.25) is 0 Å². The summed E-state index contributed by atoms with van der Waals surface area (Å²) in [4.78, 5) is 13.9. The maximum absolute atomic E-state index is 6.23. The van der Waals surface area contributed by atoms with Gasteiger partial charge in [0, 0.05) is 27.1 Å². The third kappa shape index (κ3) is 2.40. The third-order valence-corrected chi connectivity index (χ3v) is 6.10. The first kappa shape index (κ1) is 14.8. The Balaban J connectivity index is 1.69. The molecule has 0 unspecified atom stereocenters. The quantitative estimate of drug-likeness (QED) is 0.564. The summed E-state index contributed by atoms with van der Waals surface area (Å²) in [5, 5.41) is 3.29. The van der Waals surface area contributed by atoms with Crippen LogP contribution < -0.4 is 5.73 Å². The molecular formula is C19H19N5S. The highest BCUT2D eigenvalue weighted by atomic mass is 32.1.